The molecule has 0 N–H and O–H groups in total. The molecular weight excluding hydrogens is 334 g/mol. The molecule has 4 rings (SSSR count). The Morgan fingerprint density at radius 3 is 2.33 bits per heavy atom. The number of aryl methyl sites for hydroxylation is 6. The van der Waals surface area contributed by atoms with E-state index in [2.05, 4.69) is 104 Å². The van der Waals surface area contributed by atoms with Crippen LogP contribution in [-0.4, -0.2) is 14.0 Å². The molecule has 5 heteroatoms. The number of nitrogens with zero attached hydrogens (tertiary/aromatic N) is 5. The molecule has 4 heterocycles. The molecule has 0 aliphatic heterocycles. The summed E-state index contributed by atoms with van der Waals surface area (Å²) in [4.78, 5) is 4.74. The molecule has 5 nitrogen and oxygen atoms in total. The third kappa shape index (κ3) is 2.49. The second-order valence-electron chi connectivity index (χ2n) is 7.49. The van der Waals surface area contributed by atoms with Crippen LogP contribution in [0.1, 0.15) is 22.5 Å². The highest BCUT2D eigenvalue weighted by molar-refractivity contribution is 5.64. The summed E-state index contributed by atoms with van der Waals surface area (Å²) in [5.41, 5.74) is 9.60. The first-order chi connectivity index (χ1) is 12.8. The highest BCUT2D eigenvalue weighted by atomic mass is 15.2. The number of aromatic nitrogens is 5. The van der Waals surface area contributed by atoms with Gasteiger partial charge in [0.2, 0.25) is 11.5 Å². The maximum atomic E-state index is 4.74. The van der Waals surface area contributed by atoms with Crippen LogP contribution >= 0.6 is 0 Å². The topological polar surface area (TPSA) is 30.0 Å². The van der Waals surface area contributed by atoms with Crippen molar-refractivity contribution in [2.75, 3.05) is 0 Å². The normalized spacial score (nSPS) is 11.5. The zero-order valence-corrected chi connectivity index (χ0v) is 17.2. The molecule has 4 aromatic heterocycles. The summed E-state index contributed by atoms with van der Waals surface area (Å²) in [5.74, 6) is 0.979. The summed E-state index contributed by atoms with van der Waals surface area (Å²) < 4.78 is 8.86. The Balaban J connectivity index is 2.04. The van der Waals surface area contributed by atoms with Crippen LogP contribution in [0.4, 0.5) is 0 Å². The zero-order chi connectivity index (χ0) is 19.5. The summed E-state index contributed by atoms with van der Waals surface area (Å²) in [5, 5.41) is 0. The summed E-state index contributed by atoms with van der Waals surface area (Å²) in [6, 6.07) is 8.61. The molecule has 0 aliphatic carbocycles. The van der Waals surface area contributed by atoms with Gasteiger partial charge in [0.15, 0.2) is 6.20 Å². The minimum absolute atomic E-state index is 0.979. The third-order valence-corrected chi connectivity index (χ3v) is 5.67. The Hall–Kier alpha value is -2.95. The van der Waals surface area contributed by atoms with Crippen LogP contribution in [-0.2, 0) is 21.1 Å². The fourth-order valence-corrected chi connectivity index (χ4v) is 4.16. The Morgan fingerprint density at radius 1 is 0.963 bits per heavy atom. The Kier molecular flexibility index (Phi) is 3.91. The first-order valence-corrected chi connectivity index (χ1v) is 9.28. The van der Waals surface area contributed by atoms with E-state index in [1.165, 1.54) is 39.6 Å². The van der Waals surface area contributed by atoms with E-state index in [-0.39, 0.29) is 0 Å². The van der Waals surface area contributed by atoms with Crippen molar-refractivity contribution in [3.05, 3.63) is 59.2 Å². The van der Waals surface area contributed by atoms with Gasteiger partial charge in [-0.3, -0.25) is 4.40 Å². The lowest BCUT2D eigenvalue weighted by molar-refractivity contribution is -0.685. The van der Waals surface area contributed by atoms with Crippen molar-refractivity contribution in [1.82, 2.24) is 14.0 Å². The van der Waals surface area contributed by atoms with E-state index in [0.717, 1.165) is 11.5 Å². The molecule has 4 aromatic rings. The lowest BCUT2D eigenvalue weighted by Gasteiger charge is -2.10. The van der Waals surface area contributed by atoms with Gasteiger partial charge in [0.05, 0.1) is 5.69 Å². The quantitative estimate of drug-likeness (QED) is 0.505. The van der Waals surface area contributed by atoms with E-state index in [9.17, 15) is 0 Å². The minimum Gasteiger partial charge on any atom is -0.308 e. The number of rotatable bonds is 2. The third-order valence-electron chi connectivity index (χ3n) is 5.67. The van der Waals surface area contributed by atoms with Crippen molar-refractivity contribution >= 4 is 5.78 Å². The zero-order valence-electron chi connectivity index (χ0n) is 17.2. The van der Waals surface area contributed by atoms with Gasteiger partial charge >= 0.3 is 0 Å². The number of hydrogen-bond donors (Lipinski definition) is 0. The second kappa shape index (κ2) is 6.05. The predicted octanol–water partition coefficient (Wildman–Crippen LogP) is 2.89. The Bertz CT molecular complexity index is 1190. The molecule has 0 bridgehead atoms. The highest BCUT2D eigenvalue weighted by Crippen LogP contribution is 2.27. The smallest absolute Gasteiger partial charge is 0.280 e. The number of fused-ring (bicyclic) bond motifs is 1. The van der Waals surface area contributed by atoms with Crippen LogP contribution in [0.5, 0.6) is 0 Å². The number of hydrogen-bond acceptors (Lipinski definition) is 1. The monoisotopic (exact) mass is 361 g/mol. The summed E-state index contributed by atoms with van der Waals surface area (Å²) in [6.07, 6.45) is 4.30. The Labute approximate surface area is 160 Å². The fraction of sp³-hybridized carbons (Fsp3) is 0.318. The molecular formula is C22H27N5+2. The molecule has 0 saturated carbocycles. The van der Waals surface area contributed by atoms with Crippen LogP contribution in [0.2, 0.25) is 0 Å². The molecule has 138 valence electrons. The maximum Gasteiger partial charge on any atom is 0.280 e. The average Bonchev–Trinajstić information content (AvgIpc) is 3.07. The van der Waals surface area contributed by atoms with Crippen molar-refractivity contribution < 1.29 is 9.13 Å². The van der Waals surface area contributed by atoms with Crippen LogP contribution < -0.4 is 9.13 Å². The van der Waals surface area contributed by atoms with E-state index in [1.807, 2.05) is 0 Å². The largest absolute Gasteiger partial charge is 0.308 e. The fourth-order valence-electron chi connectivity index (χ4n) is 4.16. The molecule has 0 fully saturated rings. The van der Waals surface area contributed by atoms with Crippen molar-refractivity contribution in [3.8, 4) is 22.8 Å². The van der Waals surface area contributed by atoms with Crippen LogP contribution in [0.25, 0.3) is 28.6 Å². The number of pyridine rings is 2. The van der Waals surface area contributed by atoms with Crippen molar-refractivity contribution in [2.45, 2.75) is 27.7 Å². The molecule has 0 spiro atoms. The van der Waals surface area contributed by atoms with E-state index < -0.39 is 0 Å². The van der Waals surface area contributed by atoms with E-state index >= 15 is 0 Å². The lowest BCUT2D eigenvalue weighted by Crippen LogP contribution is -2.41. The van der Waals surface area contributed by atoms with E-state index in [4.69, 9.17) is 4.98 Å². The van der Waals surface area contributed by atoms with Crippen molar-refractivity contribution in [2.24, 2.45) is 21.1 Å². The second-order valence-corrected chi connectivity index (χ2v) is 7.49. The molecule has 0 atom stereocenters. The summed E-state index contributed by atoms with van der Waals surface area (Å²) in [7, 11) is 6.35. The van der Waals surface area contributed by atoms with Gasteiger partial charge in [-0.15, -0.1) is 0 Å². The lowest BCUT2D eigenvalue weighted by atomic mass is 10.0. The van der Waals surface area contributed by atoms with Gasteiger partial charge in [-0.1, -0.05) is 0 Å². The summed E-state index contributed by atoms with van der Waals surface area (Å²) >= 11 is 0. The average molecular weight is 361 g/mol. The first kappa shape index (κ1) is 17.5. The van der Waals surface area contributed by atoms with Gasteiger partial charge in [-0.25, -0.2) is 4.98 Å². The standard InChI is InChI=1S/C22H27N5/c1-14-12-15(2)21(26(7)20(14)18-10-8-9-11-24(18)5)19-13-27-17(4)16(3)23-22(27)25(19)6/h8-13H,1-7H3/q+2. The SMILES string of the molecule is Cc1cc(C)c(-c2cccc[n+]2C)[n+](C)c1-c1cn2c(C)c(C)nc2n1C. The van der Waals surface area contributed by atoms with E-state index in [1.54, 1.807) is 0 Å². The maximum absolute atomic E-state index is 4.74. The van der Waals surface area contributed by atoms with E-state index in [0.29, 0.717) is 0 Å². The van der Waals surface area contributed by atoms with Crippen molar-refractivity contribution in [3.63, 3.8) is 0 Å². The number of imidazole rings is 2. The van der Waals surface area contributed by atoms with Gasteiger partial charge in [-0.05, 0) is 39.8 Å². The minimum atomic E-state index is 0.979. The Morgan fingerprint density at radius 2 is 1.67 bits per heavy atom. The summed E-state index contributed by atoms with van der Waals surface area (Å²) in [6.45, 7) is 8.55. The highest BCUT2D eigenvalue weighted by Gasteiger charge is 2.29. The molecule has 0 aliphatic rings. The molecule has 0 radical (unpaired) electrons. The van der Waals surface area contributed by atoms with Crippen LogP contribution in [0.3, 0.4) is 0 Å². The van der Waals surface area contributed by atoms with Gasteiger partial charge in [0.25, 0.3) is 11.4 Å². The van der Waals surface area contributed by atoms with Gasteiger partial charge in [0.1, 0.15) is 19.8 Å². The predicted molar refractivity (Wildman–Crippen MR) is 106 cm³/mol. The first-order valence-electron chi connectivity index (χ1n) is 9.28. The van der Waals surface area contributed by atoms with Gasteiger partial charge in [-0.2, -0.15) is 9.13 Å². The van der Waals surface area contributed by atoms with Crippen LogP contribution in [0, 0.1) is 27.7 Å². The van der Waals surface area contributed by atoms with Gasteiger partial charge in [0, 0.05) is 42.2 Å². The molecule has 0 aromatic carbocycles. The van der Waals surface area contributed by atoms with Crippen LogP contribution in [0.15, 0.2) is 36.7 Å². The molecule has 0 saturated heterocycles. The van der Waals surface area contributed by atoms with Crippen molar-refractivity contribution in [1.29, 1.82) is 0 Å². The molecule has 27 heavy (non-hydrogen) atoms. The molecule has 0 unspecified atom stereocenters. The van der Waals surface area contributed by atoms with Gasteiger partial charge < -0.3 is 4.57 Å². The molecule has 0 amide bonds.